The van der Waals surface area contributed by atoms with Crippen molar-refractivity contribution in [3.63, 3.8) is 0 Å². The summed E-state index contributed by atoms with van der Waals surface area (Å²) in [6, 6.07) is 14.7. The van der Waals surface area contributed by atoms with Crippen LogP contribution in [-0.4, -0.2) is 6.88 Å². The zero-order valence-corrected chi connectivity index (χ0v) is 17.6. The summed E-state index contributed by atoms with van der Waals surface area (Å²) in [6.45, 7) is 3.06. The summed E-state index contributed by atoms with van der Waals surface area (Å²) in [6.07, 6.45) is 19.5. The largest absolute Gasteiger partial charge is 0.168 e. The van der Waals surface area contributed by atoms with Gasteiger partial charge in [-0.15, -0.1) is 36.1 Å². The van der Waals surface area contributed by atoms with Crippen LogP contribution in [0.5, 0.6) is 0 Å². The van der Waals surface area contributed by atoms with Crippen molar-refractivity contribution >= 4 is 17.7 Å². The fraction of sp³-hybridized carbons (Fsp3) is 0.286. The quantitative estimate of drug-likeness (QED) is 0.373. The monoisotopic (exact) mass is 396 g/mol. The van der Waals surface area contributed by atoms with E-state index in [-0.39, 0.29) is 7.43 Å². The van der Waals surface area contributed by atoms with E-state index in [4.69, 9.17) is 0 Å². The third-order valence-electron chi connectivity index (χ3n) is 3.45. The van der Waals surface area contributed by atoms with Crippen LogP contribution in [-0.2, 0) is 23.3 Å². The topological polar surface area (TPSA) is 0 Å². The molecule has 2 aliphatic rings. The predicted octanol–water partition coefficient (Wildman–Crippen LogP) is 6.09. The van der Waals surface area contributed by atoms with Crippen molar-refractivity contribution < 1.29 is 23.3 Å². The number of rotatable bonds is 0. The first kappa shape index (κ1) is 22.4. The van der Waals surface area contributed by atoms with Crippen molar-refractivity contribution in [2.45, 2.75) is 38.5 Å². The van der Waals surface area contributed by atoms with Gasteiger partial charge in [0.05, 0.1) is 0 Å². The smallest absolute Gasteiger partial charge is 0.0809 e. The summed E-state index contributed by atoms with van der Waals surface area (Å²) in [5.74, 6) is 0. The average molecular weight is 398 g/mol. The third-order valence-corrected chi connectivity index (χ3v) is 3.45. The number of hydrogen-bond donors (Lipinski definition) is 0. The molecule has 0 nitrogen and oxygen atoms in total. The van der Waals surface area contributed by atoms with Crippen molar-refractivity contribution in [2.75, 3.05) is 0 Å². The summed E-state index contributed by atoms with van der Waals surface area (Å²) in [5, 5.41) is 2.66. The second kappa shape index (κ2) is 16.3. The van der Waals surface area contributed by atoms with Crippen molar-refractivity contribution in [2.24, 2.45) is 0 Å². The van der Waals surface area contributed by atoms with Crippen LogP contribution in [0.15, 0.2) is 60.7 Å². The molecular formula is C21H26SiZr-4. The van der Waals surface area contributed by atoms with E-state index >= 15 is 0 Å². The van der Waals surface area contributed by atoms with E-state index in [9.17, 15) is 0 Å². The molecule has 2 aromatic rings. The molecular weight excluding hydrogens is 372 g/mol. The molecule has 0 unspecified atom stereocenters. The normalized spacial score (nSPS) is 14.2. The Balaban J connectivity index is 0.000000306. The maximum atomic E-state index is 3.06. The fourth-order valence-corrected chi connectivity index (χ4v) is 2.31. The number of hydrogen-bond acceptors (Lipinski definition) is 0. The Bertz CT molecular complexity index is 498. The SMILES string of the molecule is [C-]1=CC=CC1.[CH-]1CCCCC1.[CH3-].[Si]=[Zr].c1ccc2[cH-]ccc2c1. The Kier molecular flexibility index (Phi) is 15.9. The molecule has 23 heavy (non-hydrogen) atoms. The molecule has 1 saturated carbocycles. The van der Waals surface area contributed by atoms with Gasteiger partial charge in [0.15, 0.2) is 0 Å². The number of fused-ring (bicyclic) bond motifs is 1. The molecule has 2 aromatic carbocycles. The summed E-state index contributed by atoms with van der Waals surface area (Å²) >= 11 is 1.36. The first-order valence-corrected chi connectivity index (χ1v) is 12.0. The molecule has 4 rings (SSSR count). The molecule has 0 N–H and O–H groups in total. The standard InChI is InChI=1S/C9H7.C6H11.C5H5.CH3.Si.Zr/c1-2-5-9-7-3-6-8(9)4-1;1-2-4-6-5-3-1;1-2-4-5-3-1;;;/h1-7H;1H,2-6H2;1-3H,4H2;1H3;;/q4*-1;;. The van der Waals surface area contributed by atoms with Crippen LogP contribution < -0.4 is 0 Å². The Morgan fingerprint density at radius 3 is 2.17 bits per heavy atom. The van der Waals surface area contributed by atoms with E-state index in [1.54, 1.807) is 0 Å². The molecule has 0 aromatic heterocycles. The summed E-state index contributed by atoms with van der Waals surface area (Å²) in [7, 11) is 0. The molecule has 0 aliphatic heterocycles. The molecule has 122 valence electrons. The van der Waals surface area contributed by atoms with Gasteiger partial charge in [-0.1, -0.05) is 25.3 Å². The average Bonchev–Trinajstić information content (AvgIpc) is 3.33. The van der Waals surface area contributed by atoms with Crippen LogP contribution >= 0.6 is 0 Å². The minimum Gasteiger partial charge on any atom is -0.168 e. The van der Waals surface area contributed by atoms with E-state index in [1.165, 1.54) is 66.2 Å². The fourth-order valence-electron chi connectivity index (χ4n) is 2.31. The summed E-state index contributed by atoms with van der Waals surface area (Å²) in [4.78, 5) is 0. The van der Waals surface area contributed by atoms with E-state index in [0.29, 0.717) is 0 Å². The van der Waals surface area contributed by atoms with E-state index in [2.05, 4.69) is 67.9 Å². The maximum Gasteiger partial charge on any atom is -0.0809 e. The van der Waals surface area contributed by atoms with Crippen LogP contribution in [0.4, 0.5) is 0 Å². The zero-order chi connectivity index (χ0) is 15.9. The Morgan fingerprint density at radius 1 is 1.00 bits per heavy atom. The van der Waals surface area contributed by atoms with E-state index in [0.717, 1.165) is 6.42 Å². The van der Waals surface area contributed by atoms with Crippen LogP contribution in [0.2, 0.25) is 0 Å². The van der Waals surface area contributed by atoms with Crippen LogP contribution in [0, 0.1) is 19.9 Å². The molecule has 0 saturated heterocycles. The Labute approximate surface area is 159 Å². The summed E-state index contributed by atoms with van der Waals surface area (Å²) < 4.78 is 0. The van der Waals surface area contributed by atoms with Gasteiger partial charge in [0, 0.05) is 0 Å². The summed E-state index contributed by atoms with van der Waals surface area (Å²) in [5.41, 5.74) is 0. The molecule has 0 heterocycles. The third kappa shape index (κ3) is 10.7. The van der Waals surface area contributed by atoms with Gasteiger partial charge in [0.1, 0.15) is 0 Å². The van der Waals surface area contributed by atoms with E-state index < -0.39 is 0 Å². The zero-order valence-electron chi connectivity index (χ0n) is 14.1. The van der Waals surface area contributed by atoms with Crippen molar-refractivity contribution in [3.05, 3.63) is 80.6 Å². The predicted molar refractivity (Wildman–Crippen MR) is 101 cm³/mol. The Morgan fingerprint density at radius 2 is 1.74 bits per heavy atom. The number of allylic oxidation sites excluding steroid dienone is 4. The van der Waals surface area contributed by atoms with Crippen molar-refractivity contribution in [1.29, 1.82) is 0 Å². The molecule has 0 bridgehead atoms. The van der Waals surface area contributed by atoms with E-state index in [1.807, 2.05) is 12.2 Å². The van der Waals surface area contributed by atoms with Crippen molar-refractivity contribution in [1.82, 2.24) is 0 Å². The molecule has 0 spiro atoms. The van der Waals surface area contributed by atoms with Crippen LogP contribution in [0.1, 0.15) is 38.5 Å². The molecule has 1 fully saturated rings. The molecule has 2 heteroatoms. The maximum absolute atomic E-state index is 3.06. The van der Waals surface area contributed by atoms with Gasteiger partial charge >= 0.3 is 30.2 Å². The van der Waals surface area contributed by atoms with Gasteiger partial charge in [-0.05, 0) is 0 Å². The van der Waals surface area contributed by atoms with Crippen molar-refractivity contribution in [3.8, 4) is 0 Å². The van der Waals surface area contributed by atoms with Gasteiger partial charge in [0.2, 0.25) is 0 Å². The molecule has 0 amide bonds. The van der Waals surface area contributed by atoms with Gasteiger partial charge in [-0.3, -0.25) is 6.08 Å². The number of benzene rings is 1. The first-order valence-electron chi connectivity index (χ1n) is 7.86. The minimum atomic E-state index is 0. The first-order chi connectivity index (χ1) is 11.0. The van der Waals surface area contributed by atoms with Gasteiger partial charge in [-0.2, -0.15) is 36.4 Å². The second-order valence-electron chi connectivity index (χ2n) is 5.08. The Hall–Kier alpha value is -0.590. The van der Waals surface area contributed by atoms with Crippen LogP contribution in [0.3, 0.4) is 0 Å². The minimum absolute atomic E-state index is 0. The van der Waals surface area contributed by atoms with Gasteiger partial charge in [0.25, 0.3) is 0 Å². The molecule has 0 atom stereocenters. The molecule has 2 aliphatic carbocycles. The van der Waals surface area contributed by atoms with Gasteiger partial charge in [-0.25, -0.2) is 12.2 Å². The second-order valence-corrected chi connectivity index (χ2v) is 5.08. The molecule has 2 radical (unpaired) electrons. The van der Waals surface area contributed by atoms with Gasteiger partial charge < -0.3 is 13.8 Å². The van der Waals surface area contributed by atoms with Crippen LogP contribution in [0.25, 0.3) is 10.8 Å².